The van der Waals surface area contributed by atoms with Crippen molar-refractivity contribution < 1.29 is 24.5 Å². The van der Waals surface area contributed by atoms with Crippen molar-refractivity contribution >= 4 is 11.9 Å². The van der Waals surface area contributed by atoms with Crippen LogP contribution in [-0.2, 0) is 14.3 Å². The molecule has 0 aliphatic carbocycles. The molecule has 5 nitrogen and oxygen atoms in total. The van der Waals surface area contributed by atoms with E-state index in [9.17, 15) is 9.59 Å². The highest BCUT2D eigenvalue weighted by atomic mass is 16.5. The minimum absolute atomic E-state index is 0.222. The monoisotopic (exact) mass is 274 g/mol. The molecule has 112 valence electrons. The lowest BCUT2D eigenvalue weighted by molar-refractivity contribution is -0.138. The van der Waals surface area contributed by atoms with Crippen LogP contribution in [0.1, 0.15) is 64.2 Å². The summed E-state index contributed by atoms with van der Waals surface area (Å²) in [4.78, 5) is 20.5. The van der Waals surface area contributed by atoms with Crippen molar-refractivity contribution in [3.05, 3.63) is 0 Å². The van der Waals surface area contributed by atoms with Crippen molar-refractivity contribution in [2.75, 3.05) is 13.2 Å². The van der Waals surface area contributed by atoms with Crippen LogP contribution in [0.15, 0.2) is 0 Å². The molecular formula is C14H26O5. The molecule has 0 amide bonds. The van der Waals surface area contributed by atoms with Gasteiger partial charge < -0.3 is 14.9 Å². The van der Waals surface area contributed by atoms with Gasteiger partial charge in [-0.05, 0) is 25.7 Å². The van der Waals surface area contributed by atoms with Gasteiger partial charge >= 0.3 is 11.9 Å². The van der Waals surface area contributed by atoms with Gasteiger partial charge in [0.05, 0.1) is 0 Å². The summed E-state index contributed by atoms with van der Waals surface area (Å²) in [6.45, 7) is 1.38. The second kappa shape index (κ2) is 13.3. The van der Waals surface area contributed by atoms with E-state index in [1.807, 2.05) is 0 Å². The van der Waals surface area contributed by atoms with E-state index in [1.54, 1.807) is 0 Å². The van der Waals surface area contributed by atoms with Crippen LogP contribution in [0.3, 0.4) is 0 Å². The van der Waals surface area contributed by atoms with Crippen molar-refractivity contribution in [1.82, 2.24) is 0 Å². The molecular weight excluding hydrogens is 248 g/mol. The van der Waals surface area contributed by atoms with E-state index in [-0.39, 0.29) is 12.8 Å². The van der Waals surface area contributed by atoms with Crippen molar-refractivity contribution in [3.63, 3.8) is 0 Å². The number of aliphatic carboxylic acids is 2. The fraction of sp³-hybridized carbons (Fsp3) is 0.857. The second-order valence-corrected chi connectivity index (χ2v) is 4.73. The standard InChI is InChI=1S/C14H26O5/c15-13(16)9-5-3-1-2-4-7-11-19-12-8-6-10-14(17)18/h1-12H2,(H,15,16)(H,17,18). The number of rotatable bonds is 14. The molecule has 0 aromatic carbocycles. The van der Waals surface area contributed by atoms with Gasteiger partial charge in [-0.1, -0.05) is 25.7 Å². The van der Waals surface area contributed by atoms with E-state index in [1.165, 1.54) is 0 Å². The minimum atomic E-state index is -0.747. The van der Waals surface area contributed by atoms with Crippen LogP contribution < -0.4 is 0 Å². The number of hydrogen-bond donors (Lipinski definition) is 2. The lowest BCUT2D eigenvalue weighted by Gasteiger charge is -2.04. The average Bonchev–Trinajstić information content (AvgIpc) is 2.34. The first-order valence-corrected chi connectivity index (χ1v) is 7.14. The summed E-state index contributed by atoms with van der Waals surface area (Å²) in [5.74, 6) is -1.46. The molecule has 5 heteroatoms. The Bertz CT molecular complexity index is 216. The predicted molar refractivity (Wildman–Crippen MR) is 72.3 cm³/mol. The van der Waals surface area contributed by atoms with Crippen LogP contribution in [0.4, 0.5) is 0 Å². The molecule has 0 heterocycles. The summed E-state index contributed by atoms with van der Waals surface area (Å²) in [7, 11) is 0. The van der Waals surface area contributed by atoms with E-state index in [0.717, 1.165) is 51.6 Å². The Balaban J connectivity index is 2.99. The maximum Gasteiger partial charge on any atom is 0.303 e. The Morgan fingerprint density at radius 2 is 1.00 bits per heavy atom. The second-order valence-electron chi connectivity index (χ2n) is 4.73. The molecule has 0 atom stereocenters. The van der Waals surface area contributed by atoms with Gasteiger partial charge in [0.15, 0.2) is 0 Å². The van der Waals surface area contributed by atoms with Crippen LogP contribution in [0, 0.1) is 0 Å². The van der Waals surface area contributed by atoms with E-state index < -0.39 is 11.9 Å². The Labute approximate surface area is 115 Å². The van der Waals surface area contributed by atoms with Crippen molar-refractivity contribution in [2.24, 2.45) is 0 Å². The van der Waals surface area contributed by atoms with Gasteiger partial charge in [-0.15, -0.1) is 0 Å². The number of carboxylic acid groups (broad SMARTS) is 2. The first-order valence-electron chi connectivity index (χ1n) is 7.14. The van der Waals surface area contributed by atoms with Gasteiger partial charge in [0, 0.05) is 26.1 Å². The third-order valence-corrected chi connectivity index (χ3v) is 2.86. The van der Waals surface area contributed by atoms with Crippen molar-refractivity contribution in [1.29, 1.82) is 0 Å². The Hall–Kier alpha value is -1.10. The van der Waals surface area contributed by atoms with Gasteiger partial charge in [-0.2, -0.15) is 0 Å². The van der Waals surface area contributed by atoms with Crippen LogP contribution in [-0.4, -0.2) is 35.4 Å². The molecule has 0 aliphatic heterocycles. The number of carbonyl (C=O) groups is 2. The van der Waals surface area contributed by atoms with Crippen molar-refractivity contribution in [2.45, 2.75) is 64.2 Å². The number of ether oxygens (including phenoxy) is 1. The zero-order chi connectivity index (χ0) is 14.3. The predicted octanol–water partition coefficient (Wildman–Crippen LogP) is 3.07. The van der Waals surface area contributed by atoms with Crippen LogP contribution in [0.2, 0.25) is 0 Å². The van der Waals surface area contributed by atoms with Crippen LogP contribution in [0.25, 0.3) is 0 Å². The minimum Gasteiger partial charge on any atom is -0.481 e. The normalized spacial score (nSPS) is 10.5. The number of unbranched alkanes of at least 4 members (excludes halogenated alkanes) is 6. The number of hydrogen-bond acceptors (Lipinski definition) is 3. The average molecular weight is 274 g/mol. The first kappa shape index (κ1) is 17.9. The van der Waals surface area contributed by atoms with Gasteiger partial charge in [-0.3, -0.25) is 9.59 Å². The topological polar surface area (TPSA) is 83.8 Å². The highest BCUT2D eigenvalue weighted by Gasteiger charge is 1.98. The molecule has 0 bridgehead atoms. The smallest absolute Gasteiger partial charge is 0.303 e. The largest absolute Gasteiger partial charge is 0.481 e. The molecule has 0 spiro atoms. The summed E-state index contributed by atoms with van der Waals surface area (Å²) in [6.07, 6.45) is 8.10. The summed E-state index contributed by atoms with van der Waals surface area (Å²) < 4.78 is 5.40. The summed E-state index contributed by atoms with van der Waals surface area (Å²) in [6, 6.07) is 0. The molecule has 0 radical (unpaired) electrons. The molecule has 0 aromatic rings. The lowest BCUT2D eigenvalue weighted by atomic mass is 10.1. The molecule has 0 aliphatic rings. The maximum atomic E-state index is 10.3. The summed E-state index contributed by atoms with van der Waals surface area (Å²) in [5.41, 5.74) is 0. The Kier molecular flexibility index (Phi) is 12.6. The third kappa shape index (κ3) is 16.9. The molecule has 0 saturated carbocycles. The fourth-order valence-corrected chi connectivity index (χ4v) is 1.77. The fourth-order valence-electron chi connectivity index (χ4n) is 1.77. The Morgan fingerprint density at radius 3 is 1.53 bits per heavy atom. The highest BCUT2D eigenvalue weighted by Crippen LogP contribution is 2.07. The van der Waals surface area contributed by atoms with Crippen LogP contribution >= 0.6 is 0 Å². The van der Waals surface area contributed by atoms with Crippen LogP contribution in [0.5, 0.6) is 0 Å². The first-order chi connectivity index (χ1) is 9.13. The van der Waals surface area contributed by atoms with E-state index in [2.05, 4.69) is 0 Å². The third-order valence-electron chi connectivity index (χ3n) is 2.86. The molecule has 0 rings (SSSR count). The molecule has 0 unspecified atom stereocenters. The maximum absolute atomic E-state index is 10.3. The molecule has 19 heavy (non-hydrogen) atoms. The highest BCUT2D eigenvalue weighted by molar-refractivity contribution is 5.66. The quantitative estimate of drug-likeness (QED) is 0.475. The zero-order valence-corrected chi connectivity index (χ0v) is 11.6. The lowest BCUT2D eigenvalue weighted by Crippen LogP contribution is -1.99. The summed E-state index contributed by atoms with van der Waals surface area (Å²) >= 11 is 0. The van der Waals surface area contributed by atoms with Gasteiger partial charge in [0.2, 0.25) is 0 Å². The van der Waals surface area contributed by atoms with E-state index >= 15 is 0 Å². The molecule has 2 N–H and O–H groups in total. The van der Waals surface area contributed by atoms with Crippen molar-refractivity contribution in [3.8, 4) is 0 Å². The zero-order valence-electron chi connectivity index (χ0n) is 11.6. The SMILES string of the molecule is O=C(O)CCCCCCCCOCCCCC(=O)O. The van der Waals surface area contributed by atoms with Gasteiger partial charge in [-0.25, -0.2) is 0 Å². The molecule has 0 aromatic heterocycles. The summed E-state index contributed by atoms with van der Waals surface area (Å²) in [5, 5.41) is 16.9. The van der Waals surface area contributed by atoms with E-state index in [4.69, 9.17) is 14.9 Å². The Morgan fingerprint density at radius 1 is 0.632 bits per heavy atom. The van der Waals surface area contributed by atoms with E-state index in [0.29, 0.717) is 13.0 Å². The van der Waals surface area contributed by atoms with Gasteiger partial charge in [0.25, 0.3) is 0 Å². The number of carboxylic acids is 2. The molecule has 0 saturated heterocycles. The molecule has 0 fully saturated rings. The van der Waals surface area contributed by atoms with Gasteiger partial charge in [0.1, 0.15) is 0 Å².